The quantitative estimate of drug-likeness (QED) is 0.424. The molecule has 1 unspecified atom stereocenters. The van der Waals surface area contributed by atoms with Gasteiger partial charge < -0.3 is 9.64 Å². The third kappa shape index (κ3) is 5.28. The van der Waals surface area contributed by atoms with E-state index >= 15 is 0 Å². The number of hydrogen-bond donors (Lipinski definition) is 0. The van der Waals surface area contributed by atoms with Gasteiger partial charge in [-0.15, -0.1) is 11.3 Å². The number of carbonyl (C=O) groups is 1. The first-order chi connectivity index (χ1) is 16.3. The Morgan fingerprint density at radius 2 is 2.06 bits per heavy atom. The summed E-state index contributed by atoms with van der Waals surface area (Å²) in [5, 5.41) is 2.34. The zero-order chi connectivity index (χ0) is 24.3. The van der Waals surface area contributed by atoms with Crippen molar-refractivity contribution in [3.8, 4) is 5.75 Å². The molecule has 0 N–H and O–H groups in total. The third-order valence-electron chi connectivity index (χ3n) is 5.87. The number of thiophene rings is 1. The van der Waals surface area contributed by atoms with Gasteiger partial charge in [-0.05, 0) is 69.5 Å². The number of anilines is 1. The van der Waals surface area contributed by atoms with Gasteiger partial charge in [-0.1, -0.05) is 23.8 Å². The number of thiazole rings is 1. The van der Waals surface area contributed by atoms with Crippen LogP contribution in [-0.2, 0) is 14.8 Å². The lowest BCUT2D eigenvalue weighted by Crippen LogP contribution is -2.53. The minimum absolute atomic E-state index is 0.204. The second kappa shape index (κ2) is 10.7. The number of carbonyl (C=O) groups excluding carboxylic acids is 1. The zero-order valence-electron chi connectivity index (χ0n) is 19.6. The summed E-state index contributed by atoms with van der Waals surface area (Å²) in [5.74, 6) is 0.526. The van der Waals surface area contributed by atoms with Crippen LogP contribution in [0.15, 0.2) is 39.9 Å². The smallest absolute Gasteiger partial charge is 0.253 e. The van der Waals surface area contributed by atoms with Crippen LogP contribution in [0.5, 0.6) is 5.75 Å². The third-order valence-corrected chi connectivity index (χ3v) is 10.2. The molecule has 11 heteroatoms. The minimum Gasteiger partial charge on any atom is -0.497 e. The molecular weight excluding hydrogens is 492 g/mol. The van der Waals surface area contributed by atoms with Crippen LogP contribution in [0.4, 0.5) is 5.13 Å². The highest BCUT2D eigenvalue weighted by Gasteiger charge is 2.40. The van der Waals surface area contributed by atoms with Gasteiger partial charge >= 0.3 is 0 Å². The molecule has 1 amide bonds. The van der Waals surface area contributed by atoms with Crippen molar-refractivity contribution in [1.82, 2.24) is 14.2 Å². The Bertz CT molecular complexity index is 1220. The molecule has 8 nitrogen and oxygen atoms in total. The van der Waals surface area contributed by atoms with Crippen LogP contribution in [0.25, 0.3) is 10.2 Å². The van der Waals surface area contributed by atoms with E-state index in [1.54, 1.807) is 29.5 Å². The fourth-order valence-electron chi connectivity index (χ4n) is 4.13. The molecule has 1 aromatic carbocycles. The van der Waals surface area contributed by atoms with E-state index in [0.29, 0.717) is 24.6 Å². The van der Waals surface area contributed by atoms with Crippen molar-refractivity contribution < 1.29 is 17.9 Å². The van der Waals surface area contributed by atoms with Crippen molar-refractivity contribution in [2.75, 3.05) is 45.7 Å². The summed E-state index contributed by atoms with van der Waals surface area (Å²) in [7, 11) is 1.87. The fraction of sp³-hybridized carbons (Fsp3) is 0.478. The summed E-state index contributed by atoms with van der Waals surface area (Å²) in [6, 6.07) is 8.23. The molecule has 4 rings (SSSR count). The van der Waals surface area contributed by atoms with Gasteiger partial charge in [0.2, 0.25) is 5.91 Å². The van der Waals surface area contributed by atoms with Crippen molar-refractivity contribution >= 4 is 54.0 Å². The van der Waals surface area contributed by atoms with E-state index in [-0.39, 0.29) is 10.1 Å². The molecule has 34 heavy (non-hydrogen) atoms. The maximum atomic E-state index is 14.0. The molecular formula is C23H30N4O4S3. The minimum atomic E-state index is -3.73. The molecule has 1 aliphatic heterocycles. The molecule has 184 valence electrons. The Morgan fingerprint density at radius 1 is 1.24 bits per heavy atom. The van der Waals surface area contributed by atoms with Crippen LogP contribution >= 0.6 is 22.7 Å². The summed E-state index contributed by atoms with van der Waals surface area (Å²) in [4.78, 5) is 22.4. The molecule has 1 fully saturated rings. The van der Waals surface area contributed by atoms with Crippen molar-refractivity contribution in [2.24, 2.45) is 0 Å². The van der Waals surface area contributed by atoms with Crippen LogP contribution < -0.4 is 9.64 Å². The fourth-order valence-corrected chi connectivity index (χ4v) is 7.92. The van der Waals surface area contributed by atoms with Gasteiger partial charge in [-0.25, -0.2) is 13.4 Å². The van der Waals surface area contributed by atoms with Gasteiger partial charge in [-0.2, -0.15) is 4.31 Å². The van der Waals surface area contributed by atoms with Gasteiger partial charge in [0.25, 0.3) is 10.0 Å². The maximum absolute atomic E-state index is 14.0. The van der Waals surface area contributed by atoms with E-state index in [4.69, 9.17) is 9.72 Å². The average molecular weight is 523 g/mol. The number of methoxy groups -OCH3 is 1. The summed E-state index contributed by atoms with van der Waals surface area (Å²) in [6.45, 7) is 1.63. The molecule has 0 spiro atoms. The molecule has 1 atom stereocenters. The van der Waals surface area contributed by atoms with Crippen molar-refractivity contribution in [3.05, 3.63) is 35.7 Å². The van der Waals surface area contributed by atoms with Crippen molar-refractivity contribution in [2.45, 2.75) is 35.9 Å². The SMILES string of the molecule is COc1ccc2nc(N(CCCN(C)C)C(=O)C3CCCCN3S(=O)(=O)c3cccs3)sc2c1. The molecule has 0 aliphatic carbocycles. The zero-order valence-corrected chi connectivity index (χ0v) is 22.1. The number of ether oxygens (including phenoxy) is 1. The van der Waals surface area contributed by atoms with Crippen LogP contribution in [0.2, 0.25) is 0 Å². The van der Waals surface area contributed by atoms with Crippen LogP contribution in [0, 0.1) is 0 Å². The Labute approximate surface area is 208 Å². The molecule has 3 heterocycles. The topological polar surface area (TPSA) is 83.1 Å². The van der Waals surface area contributed by atoms with Gasteiger partial charge in [-0.3, -0.25) is 9.69 Å². The van der Waals surface area contributed by atoms with Crippen LogP contribution in [0.3, 0.4) is 0 Å². The molecule has 3 aromatic rings. The predicted molar refractivity (Wildman–Crippen MR) is 138 cm³/mol. The normalized spacial score (nSPS) is 17.4. The number of rotatable bonds is 9. The van der Waals surface area contributed by atoms with Crippen LogP contribution in [0.1, 0.15) is 25.7 Å². The lowest BCUT2D eigenvalue weighted by Gasteiger charge is -2.36. The summed E-state index contributed by atoms with van der Waals surface area (Å²) >= 11 is 2.61. The number of piperidine rings is 1. The average Bonchev–Trinajstić information content (AvgIpc) is 3.51. The molecule has 0 bridgehead atoms. The first-order valence-corrected chi connectivity index (χ1v) is 14.4. The van der Waals surface area contributed by atoms with Crippen molar-refractivity contribution in [3.63, 3.8) is 0 Å². The highest BCUT2D eigenvalue weighted by molar-refractivity contribution is 7.91. The highest BCUT2D eigenvalue weighted by Crippen LogP contribution is 2.34. The highest BCUT2D eigenvalue weighted by atomic mass is 32.2. The van der Waals surface area contributed by atoms with Gasteiger partial charge in [0.15, 0.2) is 5.13 Å². The number of amides is 1. The van der Waals surface area contributed by atoms with E-state index in [1.807, 2.05) is 32.3 Å². The van der Waals surface area contributed by atoms with Gasteiger partial charge in [0, 0.05) is 13.1 Å². The number of hydrogen-bond acceptors (Lipinski definition) is 8. The monoisotopic (exact) mass is 522 g/mol. The number of aromatic nitrogens is 1. The van der Waals surface area contributed by atoms with Crippen molar-refractivity contribution in [1.29, 1.82) is 0 Å². The lowest BCUT2D eigenvalue weighted by atomic mass is 10.0. The van der Waals surface area contributed by atoms with E-state index < -0.39 is 16.1 Å². The second-order valence-corrected chi connectivity index (χ2v) is 12.6. The maximum Gasteiger partial charge on any atom is 0.253 e. The van der Waals surface area contributed by atoms with E-state index in [2.05, 4.69) is 4.90 Å². The molecule has 1 saturated heterocycles. The van der Waals surface area contributed by atoms with E-state index in [0.717, 1.165) is 41.8 Å². The number of benzene rings is 1. The first-order valence-electron chi connectivity index (χ1n) is 11.3. The molecule has 1 aliphatic rings. The molecule has 2 aromatic heterocycles. The Hall–Kier alpha value is -2.05. The Morgan fingerprint density at radius 3 is 2.76 bits per heavy atom. The standard InChI is InChI=1S/C23H30N4O4S3/c1-25(2)12-7-13-26(23-24-18-11-10-17(31-3)16-20(18)33-23)22(28)19-8-4-5-14-27(19)34(29,30)21-9-6-15-32-21/h6,9-11,15-16,19H,4-5,7-8,12-14H2,1-3H3. The first kappa shape index (κ1) is 25.1. The van der Waals surface area contributed by atoms with Crippen LogP contribution in [-0.4, -0.2) is 75.4 Å². The molecule has 0 radical (unpaired) electrons. The summed E-state index contributed by atoms with van der Waals surface area (Å²) < 4.78 is 34.7. The number of fused-ring (bicyclic) bond motifs is 1. The summed E-state index contributed by atoms with van der Waals surface area (Å²) in [5.41, 5.74) is 0.790. The van der Waals surface area contributed by atoms with E-state index in [1.165, 1.54) is 27.0 Å². The lowest BCUT2D eigenvalue weighted by molar-refractivity contribution is -0.123. The predicted octanol–water partition coefficient (Wildman–Crippen LogP) is 3.89. The Balaban J connectivity index is 1.68. The number of sulfonamides is 1. The van der Waals surface area contributed by atoms with Gasteiger partial charge in [0.05, 0.1) is 17.3 Å². The molecule has 0 saturated carbocycles. The number of nitrogens with zero attached hydrogens (tertiary/aromatic N) is 4. The Kier molecular flexibility index (Phi) is 7.88. The largest absolute Gasteiger partial charge is 0.497 e. The van der Waals surface area contributed by atoms with Gasteiger partial charge in [0.1, 0.15) is 16.0 Å². The second-order valence-electron chi connectivity index (χ2n) is 8.54. The summed E-state index contributed by atoms with van der Waals surface area (Å²) in [6.07, 6.45) is 2.82. The van der Waals surface area contributed by atoms with E-state index in [9.17, 15) is 13.2 Å².